The topological polar surface area (TPSA) is 60.9 Å². The van der Waals surface area contributed by atoms with Crippen LogP contribution in [0.2, 0.25) is 5.02 Å². The zero-order valence-corrected chi connectivity index (χ0v) is 16.3. The highest BCUT2D eigenvalue weighted by atomic mass is 35.5. The van der Waals surface area contributed by atoms with Gasteiger partial charge in [0.2, 0.25) is 11.3 Å². The highest BCUT2D eigenvalue weighted by Gasteiger charge is 2.17. The molecule has 0 amide bonds. The van der Waals surface area contributed by atoms with Gasteiger partial charge in [-0.25, -0.2) is 9.97 Å². The van der Waals surface area contributed by atoms with E-state index < -0.39 is 0 Å². The number of nitrogens with zero attached hydrogens (tertiary/aromatic N) is 3. The van der Waals surface area contributed by atoms with Crippen molar-refractivity contribution in [2.45, 2.75) is 13.5 Å². The number of hydrogen-bond donors (Lipinski definition) is 0. The van der Waals surface area contributed by atoms with Crippen LogP contribution in [0.5, 0.6) is 0 Å². The quantitative estimate of drug-likeness (QED) is 0.416. The van der Waals surface area contributed by atoms with Gasteiger partial charge in [-0.1, -0.05) is 54.1 Å². The number of benzene rings is 2. The molecule has 0 N–H and O–H groups in total. The van der Waals surface area contributed by atoms with Crippen LogP contribution in [-0.4, -0.2) is 14.5 Å². The van der Waals surface area contributed by atoms with Gasteiger partial charge >= 0.3 is 0 Å². The van der Waals surface area contributed by atoms with Gasteiger partial charge in [0, 0.05) is 10.6 Å². The van der Waals surface area contributed by atoms with Crippen LogP contribution in [0, 0.1) is 6.92 Å². The smallest absolute Gasteiger partial charge is 0.297 e. The molecule has 29 heavy (non-hydrogen) atoms. The van der Waals surface area contributed by atoms with Gasteiger partial charge in [0.15, 0.2) is 0 Å². The number of halogens is 1. The largest absolute Gasteiger partial charge is 0.430 e. The fourth-order valence-electron chi connectivity index (χ4n) is 3.50. The van der Waals surface area contributed by atoms with E-state index in [-0.39, 0.29) is 11.1 Å². The summed E-state index contributed by atoms with van der Waals surface area (Å²) >= 11 is 5.94. The second-order valence-corrected chi connectivity index (χ2v) is 7.39. The lowest BCUT2D eigenvalue weighted by atomic mass is 10.1. The van der Waals surface area contributed by atoms with Gasteiger partial charge in [0.1, 0.15) is 5.52 Å². The molecule has 6 heteroatoms. The lowest BCUT2D eigenvalue weighted by Gasteiger charge is -2.05. The Morgan fingerprint density at radius 3 is 2.59 bits per heavy atom. The van der Waals surface area contributed by atoms with E-state index in [4.69, 9.17) is 16.0 Å². The fraction of sp³-hybridized carbons (Fsp3) is 0.0870. The summed E-state index contributed by atoms with van der Waals surface area (Å²) in [6, 6.07) is 19.2. The van der Waals surface area contributed by atoms with Crippen molar-refractivity contribution in [1.82, 2.24) is 14.5 Å². The second kappa shape index (κ2) is 6.87. The highest BCUT2D eigenvalue weighted by molar-refractivity contribution is 6.30. The van der Waals surface area contributed by atoms with E-state index >= 15 is 0 Å². The molecule has 142 valence electrons. The molecule has 5 rings (SSSR count). The van der Waals surface area contributed by atoms with Gasteiger partial charge in [0.25, 0.3) is 5.56 Å². The average Bonchev–Trinajstić information content (AvgIpc) is 3.12. The predicted octanol–water partition coefficient (Wildman–Crippen LogP) is 5.21. The van der Waals surface area contributed by atoms with Gasteiger partial charge in [-0.2, -0.15) is 0 Å². The average molecular weight is 402 g/mol. The molecule has 0 aliphatic rings. The van der Waals surface area contributed by atoms with E-state index in [1.165, 1.54) is 4.57 Å². The third-order valence-electron chi connectivity index (χ3n) is 4.95. The zero-order valence-electron chi connectivity index (χ0n) is 15.6. The monoisotopic (exact) mass is 401 g/mol. The number of furan rings is 1. The Morgan fingerprint density at radius 1 is 1.07 bits per heavy atom. The summed E-state index contributed by atoms with van der Waals surface area (Å²) in [5, 5.41) is 1.43. The van der Waals surface area contributed by atoms with Gasteiger partial charge in [-0.05, 0) is 36.2 Å². The van der Waals surface area contributed by atoms with Crippen LogP contribution < -0.4 is 5.56 Å². The Morgan fingerprint density at radius 2 is 1.83 bits per heavy atom. The molecule has 0 fully saturated rings. The molecule has 5 aromatic rings. The van der Waals surface area contributed by atoms with Gasteiger partial charge < -0.3 is 4.42 Å². The lowest BCUT2D eigenvalue weighted by Crippen LogP contribution is -2.20. The number of pyridine rings is 1. The molecule has 0 spiro atoms. The molecule has 0 atom stereocenters. The SMILES string of the molecule is Cc1cc(-c2ccccc2)nc2oc3c(=O)n(Cc4ccc(Cl)cc4)cnc3c12. The molecule has 2 aromatic carbocycles. The summed E-state index contributed by atoms with van der Waals surface area (Å²) in [6.07, 6.45) is 1.55. The molecule has 0 saturated heterocycles. The summed E-state index contributed by atoms with van der Waals surface area (Å²) in [6.45, 7) is 2.37. The van der Waals surface area contributed by atoms with Crippen molar-refractivity contribution >= 4 is 33.8 Å². The first-order chi connectivity index (χ1) is 14.1. The van der Waals surface area contributed by atoms with Crippen LogP contribution in [-0.2, 0) is 6.54 Å². The number of aromatic nitrogens is 3. The summed E-state index contributed by atoms with van der Waals surface area (Å²) in [4.78, 5) is 22.2. The summed E-state index contributed by atoms with van der Waals surface area (Å²) < 4.78 is 7.42. The number of fused-ring (bicyclic) bond motifs is 3. The molecule has 0 radical (unpaired) electrons. The standard InChI is InChI=1S/C23H16ClN3O2/c1-14-11-18(16-5-3-2-4-6-16)26-22-19(14)20-21(29-22)23(28)27(13-25-20)12-15-7-9-17(24)10-8-15/h2-11,13H,12H2,1H3. The summed E-state index contributed by atoms with van der Waals surface area (Å²) in [7, 11) is 0. The molecule has 5 nitrogen and oxygen atoms in total. The van der Waals surface area contributed by atoms with Crippen LogP contribution in [0.15, 0.2) is 76.2 Å². The van der Waals surface area contributed by atoms with E-state index in [0.717, 1.165) is 27.8 Å². The highest BCUT2D eigenvalue weighted by Crippen LogP contribution is 2.30. The minimum absolute atomic E-state index is 0.220. The first-order valence-corrected chi connectivity index (χ1v) is 9.57. The maximum atomic E-state index is 13.0. The Bertz CT molecular complexity index is 1400. The minimum Gasteiger partial charge on any atom is -0.430 e. The normalized spacial score (nSPS) is 11.4. The third-order valence-corrected chi connectivity index (χ3v) is 5.20. The summed E-state index contributed by atoms with van der Waals surface area (Å²) in [5.74, 6) is 0. The van der Waals surface area contributed by atoms with Gasteiger partial charge in [-0.3, -0.25) is 9.36 Å². The third kappa shape index (κ3) is 3.09. The van der Waals surface area contributed by atoms with Gasteiger partial charge in [-0.15, -0.1) is 0 Å². The second-order valence-electron chi connectivity index (χ2n) is 6.95. The lowest BCUT2D eigenvalue weighted by molar-refractivity contribution is 0.632. The number of aryl methyl sites for hydroxylation is 1. The Hall–Kier alpha value is -3.44. The van der Waals surface area contributed by atoms with Crippen molar-refractivity contribution in [2.75, 3.05) is 0 Å². The molecular weight excluding hydrogens is 386 g/mol. The molecular formula is C23H16ClN3O2. The van der Waals surface area contributed by atoms with E-state index in [2.05, 4.69) is 9.97 Å². The van der Waals surface area contributed by atoms with Crippen LogP contribution in [0.25, 0.3) is 33.5 Å². The first-order valence-electron chi connectivity index (χ1n) is 9.19. The maximum absolute atomic E-state index is 13.0. The van der Waals surface area contributed by atoms with Crippen molar-refractivity contribution in [3.05, 3.63) is 93.5 Å². The van der Waals surface area contributed by atoms with Crippen LogP contribution in [0.1, 0.15) is 11.1 Å². The van der Waals surface area contributed by atoms with Crippen molar-refractivity contribution in [3.8, 4) is 11.3 Å². The zero-order chi connectivity index (χ0) is 20.0. The predicted molar refractivity (Wildman–Crippen MR) is 114 cm³/mol. The first kappa shape index (κ1) is 17.6. The molecule has 0 saturated carbocycles. The van der Waals surface area contributed by atoms with Crippen LogP contribution >= 0.6 is 11.6 Å². The van der Waals surface area contributed by atoms with E-state index in [0.29, 0.717) is 22.8 Å². The number of hydrogen-bond acceptors (Lipinski definition) is 4. The molecule has 3 aromatic heterocycles. The van der Waals surface area contributed by atoms with E-state index in [1.54, 1.807) is 18.5 Å². The molecule has 0 aliphatic carbocycles. The summed E-state index contributed by atoms with van der Waals surface area (Å²) in [5.41, 5.74) is 4.67. The fourth-order valence-corrected chi connectivity index (χ4v) is 3.62. The molecule has 3 heterocycles. The molecule has 0 unspecified atom stereocenters. The molecule has 0 aliphatic heterocycles. The van der Waals surface area contributed by atoms with Crippen molar-refractivity contribution in [2.24, 2.45) is 0 Å². The van der Waals surface area contributed by atoms with Gasteiger partial charge in [0.05, 0.1) is 24.0 Å². The molecule has 0 bridgehead atoms. The van der Waals surface area contributed by atoms with E-state index in [1.807, 2.05) is 55.5 Å². The van der Waals surface area contributed by atoms with E-state index in [9.17, 15) is 4.79 Å². The minimum atomic E-state index is -0.233. The van der Waals surface area contributed by atoms with Crippen molar-refractivity contribution in [1.29, 1.82) is 0 Å². The van der Waals surface area contributed by atoms with Crippen LogP contribution in [0.4, 0.5) is 0 Å². The van der Waals surface area contributed by atoms with Crippen LogP contribution in [0.3, 0.4) is 0 Å². The maximum Gasteiger partial charge on any atom is 0.297 e. The van der Waals surface area contributed by atoms with Crippen molar-refractivity contribution < 1.29 is 4.42 Å². The Kier molecular flexibility index (Phi) is 4.18. The number of rotatable bonds is 3. The Balaban J connectivity index is 1.65. The Labute approximate surface area is 171 Å². The van der Waals surface area contributed by atoms with Crippen molar-refractivity contribution in [3.63, 3.8) is 0 Å².